The van der Waals surface area contributed by atoms with Crippen molar-refractivity contribution in [2.24, 2.45) is 16.0 Å². The zero-order chi connectivity index (χ0) is 15.7. The molecule has 8 nitrogen and oxygen atoms in total. The molecular formula is C13H17BrN4O4. The number of esters is 1. The Balaban J connectivity index is 1.63. The highest BCUT2D eigenvalue weighted by molar-refractivity contribution is 9.11. The van der Waals surface area contributed by atoms with E-state index in [0.717, 1.165) is 6.42 Å². The van der Waals surface area contributed by atoms with Gasteiger partial charge in [0, 0.05) is 5.92 Å². The van der Waals surface area contributed by atoms with Crippen molar-refractivity contribution in [3.05, 3.63) is 10.3 Å². The average molecular weight is 373 g/mol. The number of rotatable bonds is 3. The van der Waals surface area contributed by atoms with Crippen LogP contribution in [0, 0.1) is 5.92 Å². The molecule has 1 fully saturated rings. The largest absolute Gasteiger partial charge is 0.492 e. The lowest BCUT2D eigenvalue weighted by Gasteiger charge is -2.35. The fraction of sp³-hybridized carbons (Fsp3) is 0.615. The van der Waals surface area contributed by atoms with Gasteiger partial charge in [0.2, 0.25) is 5.90 Å². The Morgan fingerprint density at radius 1 is 1.64 bits per heavy atom. The number of halogens is 1. The highest BCUT2D eigenvalue weighted by Crippen LogP contribution is 2.34. The number of nitrogens with zero attached hydrogens (tertiary/aromatic N) is 3. The normalized spacial score (nSPS) is 30.7. The van der Waals surface area contributed by atoms with Crippen molar-refractivity contribution in [2.75, 3.05) is 13.2 Å². The third kappa shape index (κ3) is 2.70. The molecule has 9 heteroatoms. The molecule has 3 aliphatic heterocycles. The number of aliphatic imine (C=N–C) groups is 1. The summed E-state index contributed by atoms with van der Waals surface area (Å²) in [5.41, 5.74) is 0.514. The highest BCUT2D eigenvalue weighted by atomic mass is 79.9. The fourth-order valence-electron chi connectivity index (χ4n) is 2.79. The molecule has 3 unspecified atom stereocenters. The minimum Gasteiger partial charge on any atom is -0.492 e. The van der Waals surface area contributed by atoms with Gasteiger partial charge in [-0.15, -0.1) is 0 Å². The average Bonchev–Trinajstić information content (AvgIpc) is 2.86. The fourth-order valence-corrected chi connectivity index (χ4v) is 3.38. The zero-order valence-electron chi connectivity index (χ0n) is 12.0. The van der Waals surface area contributed by atoms with Crippen molar-refractivity contribution in [3.8, 4) is 0 Å². The van der Waals surface area contributed by atoms with Crippen LogP contribution in [0.5, 0.6) is 0 Å². The van der Waals surface area contributed by atoms with Crippen LogP contribution < -0.4 is 5.32 Å². The second-order valence-electron chi connectivity index (χ2n) is 5.19. The molecule has 0 amide bonds. The van der Waals surface area contributed by atoms with Gasteiger partial charge in [-0.05, 0) is 35.7 Å². The second kappa shape index (κ2) is 6.25. The number of hydrazone groups is 1. The van der Waals surface area contributed by atoms with Crippen molar-refractivity contribution >= 4 is 34.1 Å². The Hall–Kier alpha value is -1.61. The predicted octanol–water partition coefficient (Wildman–Crippen LogP) is 1.05. The second-order valence-corrected chi connectivity index (χ2v) is 5.98. The van der Waals surface area contributed by atoms with Crippen LogP contribution in [0.3, 0.4) is 0 Å². The number of ether oxygens (including phenoxy) is 2. The van der Waals surface area contributed by atoms with E-state index in [1.54, 1.807) is 11.9 Å². The Morgan fingerprint density at radius 3 is 3.14 bits per heavy atom. The number of fused-ring (bicyclic) bond motifs is 1. The van der Waals surface area contributed by atoms with Crippen LogP contribution in [0.25, 0.3) is 0 Å². The molecule has 0 spiro atoms. The summed E-state index contributed by atoms with van der Waals surface area (Å²) in [6, 6.07) is 0. The molecule has 22 heavy (non-hydrogen) atoms. The Morgan fingerprint density at radius 2 is 2.45 bits per heavy atom. The molecule has 3 heterocycles. The van der Waals surface area contributed by atoms with E-state index in [1.165, 1.54) is 6.34 Å². The first-order chi connectivity index (χ1) is 10.6. The van der Waals surface area contributed by atoms with Gasteiger partial charge in [-0.25, -0.2) is 9.80 Å². The maximum Gasteiger partial charge on any atom is 0.335 e. The minimum absolute atomic E-state index is 0.0852. The summed E-state index contributed by atoms with van der Waals surface area (Å²) in [6.07, 6.45) is 2.06. The number of hydrogen-bond donors (Lipinski definition) is 2. The van der Waals surface area contributed by atoms with Crippen LogP contribution in [-0.2, 0) is 14.3 Å². The minimum atomic E-state index is -0.492. The maximum absolute atomic E-state index is 11.7. The zero-order valence-corrected chi connectivity index (χ0v) is 13.6. The molecule has 0 bridgehead atoms. The van der Waals surface area contributed by atoms with E-state index in [9.17, 15) is 9.90 Å². The number of carbonyl (C=O) groups excluding carboxylic acids is 1. The number of aliphatic hydroxyl groups is 1. The molecule has 0 aromatic heterocycles. The van der Waals surface area contributed by atoms with E-state index in [2.05, 4.69) is 31.3 Å². The van der Waals surface area contributed by atoms with E-state index in [1.807, 2.05) is 0 Å². The van der Waals surface area contributed by atoms with Gasteiger partial charge in [-0.1, -0.05) is 0 Å². The molecule has 0 saturated carbocycles. The van der Waals surface area contributed by atoms with Gasteiger partial charge in [0.05, 0.1) is 13.2 Å². The molecule has 1 saturated heterocycles. The molecule has 2 N–H and O–H groups in total. The highest BCUT2D eigenvalue weighted by Gasteiger charge is 2.42. The summed E-state index contributed by atoms with van der Waals surface area (Å²) in [5, 5.41) is 19.0. The Bertz CT molecular complexity index is 554. The van der Waals surface area contributed by atoms with Gasteiger partial charge < -0.3 is 19.9 Å². The van der Waals surface area contributed by atoms with Crippen LogP contribution >= 0.6 is 15.9 Å². The van der Waals surface area contributed by atoms with Crippen molar-refractivity contribution in [2.45, 2.75) is 32.0 Å². The van der Waals surface area contributed by atoms with Gasteiger partial charge >= 0.3 is 5.97 Å². The van der Waals surface area contributed by atoms with Gasteiger partial charge in [0.1, 0.15) is 17.1 Å². The van der Waals surface area contributed by atoms with Gasteiger partial charge in [0.25, 0.3) is 0 Å². The first-order valence-electron chi connectivity index (χ1n) is 7.15. The SMILES string of the molecule is CCOC(=O)C1CCC(C2NC(Br)=C3C(O)=NC=NN32)CO1. The van der Waals surface area contributed by atoms with Crippen LogP contribution in [0.15, 0.2) is 20.4 Å². The third-order valence-corrected chi connectivity index (χ3v) is 4.45. The van der Waals surface area contributed by atoms with E-state index >= 15 is 0 Å². The van der Waals surface area contributed by atoms with Crippen molar-refractivity contribution in [1.29, 1.82) is 0 Å². The summed E-state index contributed by atoms with van der Waals surface area (Å²) in [5.74, 6) is -0.266. The molecule has 3 atom stereocenters. The molecule has 0 radical (unpaired) electrons. The quantitative estimate of drug-likeness (QED) is 0.567. The molecule has 0 aliphatic carbocycles. The van der Waals surface area contributed by atoms with E-state index in [-0.39, 0.29) is 24.0 Å². The lowest BCUT2D eigenvalue weighted by molar-refractivity contribution is -0.162. The molecule has 120 valence electrons. The van der Waals surface area contributed by atoms with Crippen molar-refractivity contribution < 1.29 is 19.4 Å². The van der Waals surface area contributed by atoms with Crippen LogP contribution in [0.2, 0.25) is 0 Å². The predicted molar refractivity (Wildman–Crippen MR) is 82.4 cm³/mol. The Labute approximate surface area is 136 Å². The van der Waals surface area contributed by atoms with Gasteiger partial charge in [-0.3, -0.25) is 0 Å². The molecule has 3 aliphatic rings. The topological polar surface area (TPSA) is 95.8 Å². The smallest absolute Gasteiger partial charge is 0.335 e. The van der Waals surface area contributed by atoms with E-state index < -0.39 is 6.10 Å². The number of hydrogen-bond acceptors (Lipinski definition) is 7. The van der Waals surface area contributed by atoms with E-state index in [0.29, 0.717) is 29.9 Å². The van der Waals surface area contributed by atoms with Crippen LogP contribution in [0.4, 0.5) is 0 Å². The van der Waals surface area contributed by atoms with Crippen LogP contribution in [-0.4, -0.2) is 53.8 Å². The summed E-state index contributed by atoms with van der Waals surface area (Å²) in [4.78, 5) is 15.5. The summed E-state index contributed by atoms with van der Waals surface area (Å²) >= 11 is 3.38. The molecule has 3 rings (SSSR count). The monoisotopic (exact) mass is 372 g/mol. The first-order valence-corrected chi connectivity index (χ1v) is 7.94. The van der Waals surface area contributed by atoms with Crippen molar-refractivity contribution in [3.63, 3.8) is 0 Å². The Kier molecular flexibility index (Phi) is 4.34. The lowest BCUT2D eigenvalue weighted by Crippen LogP contribution is -2.47. The van der Waals surface area contributed by atoms with Gasteiger partial charge in [-0.2, -0.15) is 10.1 Å². The molecular weight excluding hydrogens is 356 g/mol. The standard InChI is InChI=1S/C13H17BrN4O4/c1-2-21-13(20)8-4-3-7(5-22-8)11-17-10(14)9-12(19)15-6-16-18(9)11/h6-8,11,17H,2-5H2,1H3,(H,15,16,19). The number of nitrogens with one attached hydrogen (secondary N) is 1. The molecule has 0 aromatic carbocycles. The van der Waals surface area contributed by atoms with Gasteiger partial charge in [0.15, 0.2) is 11.8 Å². The molecule has 0 aromatic rings. The summed E-state index contributed by atoms with van der Waals surface area (Å²) in [7, 11) is 0. The van der Waals surface area contributed by atoms with E-state index in [4.69, 9.17) is 9.47 Å². The number of aliphatic hydroxyl groups excluding tert-OH is 1. The first kappa shape index (κ1) is 15.3. The summed E-state index contributed by atoms with van der Waals surface area (Å²) in [6.45, 7) is 2.55. The lowest BCUT2D eigenvalue weighted by atomic mass is 9.95. The van der Waals surface area contributed by atoms with Crippen molar-refractivity contribution in [1.82, 2.24) is 10.3 Å². The third-order valence-electron chi connectivity index (χ3n) is 3.85. The van der Waals surface area contributed by atoms with Crippen LogP contribution in [0.1, 0.15) is 19.8 Å². The summed E-state index contributed by atoms with van der Waals surface area (Å²) < 4.78 is 11.3. The maximum atomic E-state index is 11.7. The number of carbonyl (C=O) groups is 1.